The van der Waals surface area contributed by atoms with Crippen LogP contribution in [0.2, 0.25) is 0 Å². The van der Waals surface area contributed by atoms with Crippen LogP contribution < -0.4 is 15.5 Å². The zero-order valence-electron chi connectivity index (χ0n) is 14.0. The van der Waals surface area contributed by atoms with Crippen molar-refractivity contribution in [2.75, 3.05) is 50.5 Å². The fourth-order valence-electron chi connectivity index (χ4n) is 2.61. The monoisotopic (exact) mass is 321 g/mol. The molecule has 0 aromatic carbocycles. The minimum absolute atomic E-state index is 0.242. The van der Waals surface area contributed by atoms with Crippen LogP contribution in [0.5, 0.6) is 0 Å². The molecule has 7 heteroatoms. The summed E-state index contributed by atoms with van der Waals surface area (Å²) in [6.45, 7) is 2.92. The number of aliphatic hydroxyl groups excluding tert-OH is 1. The van der Waals surface area contributed by atoms with E-state index >= 15 is 0 Å². The molecule has 0 bridgehead atoms. The zero-order chi connectivity index (χ0) is 16.7. The Morgan fingerprint density at radius 3 is 2.70 bits per heavy atom. The highest BCUT2D eigenvalue weighted by Crippen LogP contribution is 2.11. The predicted molar refractivity (Wildman–Crippen MR) is 91.9 cm³/mol. The van der Waals surface area contributed by atoms with Crippen LogP contribution in [-0.2, 0) is 0 Å². The van der Waals surface area contributed by atoms with Gasteiger partial charge in [-0.05, 0) is 38.1 Å². The molecule has 1 atom stereocenters. The first-order valence-electron chi connectivity index (χ1n) is 8.13. The second-order valence-electron chi connectivity index (χ2n) is 6.15. The average molecular weight is 321 g/mol. The van der Waals surface area contributed by atoms with Crippen molar-refractivity contribution in [2.45, 2.75) is 25.4 Å². The highest BCUT2D eigenvalue weighted by atomic mass is 16.3. The summed E-state index contributed by atoms with van der Waals surface area (Å²) < 4.78 is 0. The van der Waals surface area contributed by atoms with Crippen LogP contribution in [0.4, 0.5) is 16.3 Å². The van der Waals surface area contributed by atoms with Crippen LogP contribution >= 0.6 is 0 Å². The predicted octanol–water partition coefficient (Wildman–Crippen LogP) is 1.12. The van der Waals surface area contributed by atoms with Gasteiger partial charge in [0.1, 0.15) is 5.82 Å². The van der Waals surface area contributed by atoms with Crippen molar-refractivity contribution in [3.8, 4) is 0 Å². The van der Waals surface area contributed by atoms with Gasteiger partial charge in [-0.1, -0.05) is 6.42 Å². The lowest BCUT2D eigenvalue weighted by Gasteiger charge is -2.28. The second kappa shape index (κ2) is 8.69. The van der Waals surface area contributed by atoms with E-state index in [-0.39, 0.29) is 12.6 Å². The Morgan fingerprint density at radius 2 is 2.09 bits per heavy atom. The number of anilines is 2. The number of pyridine rings is 1. The van der Waals surface area contributed by atoms with E-state index in [1.165, 1.54) is 19.3 Å². The van der Waals surface area contributed by atoms with Gasteiger partial charge in [0, 0.05) is 27.2 Å². The van der Waals surface area contributed by atoms with Gasteiger partial charge in [-0.15, -0.1) is 0 Å². The molecule has 7 nitrogen and oxygen atoms in total. The Balaban J connectivity index is 1.69. The largest absolute Gasteiger partial charge is 0.390 e. The number of nitrogens with zero attached hydrogens (tertiary/aromatic N) is 3. The van der Waals surface area contributed by atoms with Crippen molar-refractivity contribution in [1.82, 2.24) is 15.2 Å². The lowest BCUT2D eigenvalue weighted by Crippen LogP contribution is -2.43. The van der Waals surface area contributed by atoms with Gasteiger partial charge in [0.25, 0.3) is 0 Å². The normalized spacial score (nSPS) is 16.7. The van der Waals surface area contributed by atoms with Crippen molar-refractivity contribution in [1.29, 1.82) is 0 Å². The number of carbonyl (C=O) groups excluding carboxylic acids is 1. The summed E-state index contributed by atoms with van der Waals surface area (Å²) in [4.78, 5) is 20.2. The van der Waals surface area contributed by atoms with E-state index in [0.717, 1.165) is 18.9 Å². The number of β-amino-alcohol motifs (C(OH)–C–C–N with tert-alkyl or cyclic N) is 1. The molecule has 1 saturated heterocycles. The van der Waals surface area contributed by atoms with Gasteiger partial charge >= 0.3 is 6.03 Å². The van der Waals surface area contributed by atoms with Crippen molar-refractivity contribution in [3.05, 3.63) is 18.3 Å². The van der Waals surface area contributed by atoms with Crippen LogP contribution in [0.3, 0.4) is 0 Å². The van der Waals surface area contributed by atoms with Gasteiger partial charge in [0.2, 0.25) is 0 Å². The van der Waals surface area contributed by atoms with Crippen LogP contribution in [-0.4, -0.2) is 67.4 Å². The molecule has 0 aliphatic carbocycles. The molecular formula is C16H27N5O2. The maximum absolute atomic E-state index is 11.8. The first-order valence-corrected chi connectivity index (χ1v) is 8.13. The summed E-state index contributed by atoms with van der Waals surface area (Å²) in [5, 5.41) is 15.4. The summed E-state index contributed by atoms with van der Waals surface area (Å²) in [6.07, 6.45) is 4.72. The first-order chi connectivity index (χ1) is 11.0. The van der Waals surface area contributed by atoms with E-state index in [1.54, 1.807) is 12.3 Å². The summed E-state index contributed by atoms with van der Waals surface area (Å²) in [6, 6.07) is 3.30. The van der Waals surface area contributed by atoms with Crippen LogP contribution in [0.25, 0.3) is 0 Å². The molecule has 128 valence electrons. The van der Waals surface area contributed by atoms with E-state index in [2.05, 4.69) is 20.5 Å². The van der Waals surface area contributed by atoms with Crippen molar-refractivity contribution in [3.63, 3.8) is 0 Å². The lowest BCUT2D eigenvalue weighted by atomic mass is 10.1. The van der Waals surface area contributed by atoms with Crippen molar-refractivity contribution >= 4 is 17.5 Å². The highest BCUT2D eigenvalue weighted by molar-refractivity contribution is 5.89. The number of aliphatic hydroxyl groups is 1. The number of piperidine rings is 1. The smallest absolute Gasteiger partial charge is 0.319 e. The molecule has 1 aromatic heterocycles. The Bertz CT molecular complexity index is 486. The fraction of sp³-hybridized carbons (Fsp3) is 0.625. The highest BCUT2D eigenvalue weighted by Gasteiger charge is 2.15. The van der Waals surface area contributed by atoms with Crippen LogP contribution in [0.1, 0.15) is 19.3 Å². The molecule has 0 spiro atoms. The molecule has 3 N–H and O–H groups in total. The number of hydrogen-bond donors (Lipinski definition) is 3. The minimum atomic E-state index is -0.548. The van der Waals surface area contributed by atoms with Gasteiger partial charge in [-0.3, -0.25) is 0 Å². The van der Waals surface area contributed by atoms with Gasteiger partial charge in [0.15, 0.2) is 0 Å². The number of nitrogens with one attached hydrogen (secondary N) is 2. The fourth-order valence-corrected chi connectivity index (χ4v) is 2.61. The van der Waals surface area contributed by atoms with Gasteiger partial charge in [-0.25, -0.2) is 9.78 Å². The lowest BCUT2D eigenvalue weighted by molar-refractivity contribution is 0.102. The summed E-state index contributed by atoms with van der Waals surface area (Å²) in [5.74, 6) is 0.827. The maximum Gasteiger partial charge on any atom is 0.319 e. The Labute approximate surface area is 137 Å². The molecule has 23 heavy (non-hydrogen) atoms. The first kappa shape index (κ1) is 17.5. The number of likely N-dealkylation sites (tertiary alicyclic amines) is 1. The molecule has 1 fully saturated rings. The van der Waals surface area contributed by atoms with E-state index < -0.39 is 6.10 Å². The van der Waals surface area contributed by atoms with Crippen LogP contribution in [0, 0.1) is 0 Å². The number of urea groups is 1. The van der Waals surface area contributed by atoms with E-state index in [0.29, 0.717) is 12.2 Å². The number of amides is 2. The van der Waals surface area contributed by atoms with Crippen molar-refractivity contribution < 1.29 is 9.90 Å². The zero-order valence-corrected chi connectivity index (χ0v) is 14.0. The molecule has 0 unspecified atom stereocenters. The average Bonchev–Trinajstić information content (AvgIpc) is 2.54. The van der Waals surface area contributed by atoms with Crippen LogP contribution in [0.15, 0.2) is 18.3 Å². The number of rotatable bonds is 6. The molecule has 0 radical (unpaired) electrons. The minimum Gasteiger partial charge on any atom is -0.390 e. The Kier molecular flexibility index (Phi) is 6.61. The summed E-state index contributed by atoms with van der Waals surface area (Å²) in [7, 11) is 3.82. The Morgan fingerprint density at radius 1 is 1.35 bits per heavy atom. The quantitative estimate of drug-likeness (QED) is 0.731. The van der Waals surface area contributed by atoms with Gasteiger partial charge < -0.3 is 25.5 Å². The third-order valence-electron chi connectivity index (χ3n) is 3.88. The van der Waals surface area contributed by atoms with Crippen molar-refractivity contribution in [2.24, 2.45) is 0 Å². The molecule has 2 rings (SSSR count). The van der Waals surface area contributed by atoms with Gasteiger partial charge in [0.05, 0.1) is 18.0 Å². The third kappa shape index (κ3) is 6.03. The second-order valence-corrected chi connectivity index (χ2v) is 6.15. The molecular weight excluding hydrogens is 294 g/mol. The van der Waals surface area contributed by atoms with E-state index in [1.807, 2.05) is 25.1 Å². The Hall–Kier alpha value is -1.86. The maximum atomic E-state index is 11.8. The molecule has 2 amide bonds. The SMILES string of the molecule is CN(C)c1ccc(NC(=O)NC[C@@H](O)CN2CCCCC2)cn1. The molecule has 1 aliphatic rings. The topological polar surface area (TPSA) is 80.7 Å². The van der Waals surface area contributed by atoms with E-state index in [4.69, 9.17) is 0 Å². The number of hydrogen-bond acceptors (Lipinski definition) is 5. The third-order valence-corrected chi connectivity index (χ3v) is 3.88. The van der Waals surface area contributed by atoms with E-state index in [9.17, 15) is 9.90 Å². The summed E-state index contributed by atoms with van der Waals surface area (Å²) >= 11 is 0. The molecule has 0 saturated carbocycles. The van der Waals surface area contributed by atoms with Gasteiger partial charge in [-0.2, -0.15) is 0 Å². The standard InChI is InChI=1S/C16H27N5O2/c1-20(2)15-7-6-13(10-17-15)19-16(23)18-11-14(22)12-21-8-4-3-5-9-21/h6-7,10,14,22H,3-5,8-9,11-12H2,1-2H3,(H2,18,19,23)/t14-/m1/s1. The molecule has 2 heterocycles. The number of carbonyl (C=O) groups is 1. The summed E-state index contributed by atoms with van der Waals surface area (Å²) in [5.41, 5.74) is 0.624. The molecule has 1 aromatic rings. The molecule has 1 aliphatic heterocycles. The number of aromatic nitrogens is 1.